The van der Waals surface area contributed by atoms with E-state index in [-0.39, 0.29) is 5.82 Å². The van der Waals surface area contributed by atoms with Crippen molar-refractivity contribution in [3.8, 4) is 11.3 Å². The number of rotatable bonds is 1. The predicted octanol–water partition coefficient (Wildman–Crippen LogP) is 2.17. The van der Waals surface area contributed by atoms with Crippen LogP contribution in [-0.4, -0.2) is 9.97 Å². The van der Waals surface area contributed by atoms with E-state index in [1.165, 1.54) is 24.5 Å². The quantitative estimate of drug-likeness (QED) is 0.772. The molecule has 0 saturated carbocycles. The number of anilines is 1. The average molecular weight is 203 g/mol. The zero-order chi connectivity index (χ0) is 10.8. The number of aromatic nitrogens is 2. The molecule has 0 amide bonds. The van der Waals surface area contributed by atoms with E-state index in [1.807, 2.05) is 13.0 Å². The number of nitrogens with two attached hydrogens (primary N) is 1. The van der Waals surface area contributed by atoms with Crippen molar-refractivity contribution in [2.24, 2.45) is 0 Å². The Kier molecular flexibility index (Phi) is 2.33. The van der Waals surface area contributed by atoms with Gasteiger partial charge in [-0.3, -0.25) is 4.98 Å². The van der Waals surface area contributed by atoms with Crippen LogP contribution in [0.25, 0.3) is 11.3 Å². The highest BCUT2D eigenvalue weighted by Gasteiger charge is 2.02. The molecule has 15 heavy (non-hydrogen) atoms. The Morgan fingerprint density at radius 3 is 2.53 bits per heavy atom. The zero-order valence-corrected chi connectivity index (χ0v) is 8.24. The molecular weight excluding hydrogens is 193 g/mol. The Morgan fingerprint density at radius 2 is 1.93 bits per heavy atom. The number of hydrogen-bond donors (Lipinski definition) is 1. The van der Waals surface area contributed by atoms with Crippen LogP contribution in [0, 0.1) is 12.7 Å². The van der Waals surface area contributed by atoms with E-state index < -0.39 is 0 Å². The van der Waals surface area contributed by atoms with Gasteiger partial charge in [-0.25, -0.2) is 9.37 Å². The fraction of sp³-hybridized carbons (Fsp3) is 0.0909. The summed E-state index contributed by atoms with van der Waals surface area (Å²) in [6, 6.07) is 4.74. The Morgan fingerprint density at radius 1 is 1.13 bits per heavy atom. The lowest BCUT2D eigenvalue weighted by Gasteiger charge is -2.02. The lowest BCUT2D eigenvalue weighted by molar-refractivity contribution is 0.627. The minimum Gasteiger partial charge on any atom is -0.382 e. The summed E-state index contributed by atoms with van der Waals surface area (Å²) in [6.45, 7) is 1.83. The molecule has 1 aromatic carbocycles. The molecule has 3 nitrogen and oxygen atoms in total. The second-order valence-electron chi connectivity index (χ2n) is 3.34. The number of benzene rings is 1. The molecule has 0 fully saturated rings. The topological polar surface area (TPSA) is 51.8 Å². The minimum absolute atomic E-state index is 0.274. The second-order valence-corrected chi connectivity index (χ2v) is 3.34. The van der Waals surface area contributed by atoms with Gasteiger partial charge in [-0.15, -0.1) is 0 Å². The SMILES string of the molecule is Cc1cc(F)cc(-c2cnc(N)cn2)c1. The molecular formula is C11H10FN3. The zero-order valence-electron chi connectivity index (χ0n) is 8.24. The first-order chi connectivity index (χ1) is 7.15. The molecule has 76 valence electrons. The molecule has 0 unspecified atom stereocenters. The van der Waals surface area contributed by atoms with Gasteiger partial charge in [0.25, 0.3) is 0 Å². The molecule has 1 aromatic heterocycles. The lowest BCUT2D eigenvalue weighted by atomic mass is 10.1. The molecule has 2 rings (SSSR count). The number of aryl methyl sites for hydroxylation is 1. The van der Waals surface area contributed by atoms with Crippen LogP contribution in [0.1, 0.15) is 5.56 Å². The maximum absolute atomic E-state index is 13.1. The molecule has 0 atom stereocenters. The molecule has 0 bridgehead atoms. The van der Waals surface area contributed by atoms with Crippen LogP contribution in [0.15, 0.2) is 30.6 Å². The largest absolute Gasteiger partial charge is 0.382 e. The Bertz CT molecular complexity index is 459. The van der Waals surface area contributed by atoms with E-state index in [2.05, 4.69) is 9.97 Å². The molecule has 2 N–H and O–H groups in total. The van der Waals surface area contributed by atoms with Gasteiger partial charge in [-0.05, 0) is 30.7 Å². The summed E-state index contributed by atoms with van der Waals surface area (Å²) in [7, 11) is 0. The second kappa shape index (κ2) is 3.65. The van der Waals surface area contributed by atoms with Crippen LogP contribution >= 0.6 is 0 Å². The Hall–Kier alpha value is -1.97. The highest BCUT2D eigenvalue weighted by Crippen LogP contribution is 2.19. The van der Waals surface area contributed by atoms with E-state index in [4.69, 9.17) is 5.73 Å². The van der Waals surface area contributed by atoms with E-state index in [1.54, 1.807) is 0 Å². The molecule has 0 radical (unpaired) electrons. The van der Waals surface area contributed by atoms with Crippen molar-refractivity contribution in [3.63, 3.8) is 0 Å². The molecule has 4 heteroatoms. The van der Waals surface area contributed by atoms with Crippen LogP contribution in [0.2, 0.25) is 0 Å². The van der Waals surface area contributed by atoms with Crippen molar-refractivity contribution >= 4 is 5.82 Å². The van der Waals surface area contributed by atoms with Crippen LogP contribution in [0.3, 0.4) is 0 Å². The highest BCUT2D eigenvalue weighted by molar-refractivity contribution is 5.59. The summed E-state index contributed by atoms with van der Waals surface area (Å²) in [6.07, 6.45) is 2.99. The Labute approximate surface area is 86.8 Å². The molecule has 0 aliphatic carbocycles. The van der Waals surface area contributed by atoms with E-state index in [0.717, 1.165) is 5.56 Å². The molecule has 2 aromatic rings. The molecule has 0 aliphatic rings. The third-order valence-electron chi connectivity index (χ3n) is 2.01. The van der Waals surface area contributed by atoms with Crippen LogP contribution in [0.4, 0.5) is 10.2 Å². The molecule has 1 heterocycles. The predicted molar refractivity (Wildman–Crippen MR) is 56.6 cm³/mol. The fourth-order valence-electron chi connectivity index (χ4n) is 1.37. The van der Waals surface area contributed by atoms with Gasteiger partial charge in [0.1, 0.15) is 11.6 Å². The lowest BCUT2D eigenvalue weighted by Crippen LogP contribution is -1.93. The number of halogens is 1. The standard InChI is InChI=1S/C11H10FN3/c1-7-2-8(4-9(12)3-7)10-5-15-11(13)6-14-10/h2-6H,1H3,(H2,13,15). The third kappa shape index (κ3) is 2.10. The van der Waals surface area contributed by atoms with Crippen molar-refractivity contribution in [2.45, 2.75) is 6.92 Å². The fourth-order valence-corrected chi connectivity index (χ4v) is 1.37. The summed E-state index contributed by atoms with van der Waals surface area (Å²) in [4.78, 5) is 7.98. The summed E-state index contributed by atoms with van der Waals surface area (Å²) < 4.78 is 13.1. The first-order valence-electron chi connectivity index (χ1n) is 4.50. The summed E-state index contributed by atoms with van der Waals surface area (Å²) in [5.74, 6) is 0.0792. The van der Waals surface area contributed by atoms with Gasteiger partial charge < -0.3 is 5.73 Å². The van der Waals surface area contributed by atoms with Crippen LogP contribution in [-0.2, 0) is 0 Å². The van der Waals surface area contributed by atoms with Gasteiger partial charge in [-0.2, -0.15) is 0 Å². The van der Waals surface area contributed by atoms with Gasteiger partial charge in [0.05, 0.1) is 18.1 Å². The molecule has 0 spiro atoms. The van der Waals surface area contributed by atoms with Crippen LogP contribution < -0.4 is 5.73 Å². The van der Waals surface area contributed by atoms with Gasteiger partial charge >= 0.3 is 0 Å². The first-order valence-corrected chi connectivity index (χ1v) is 4.50. The number of nitrogens with zero attached hydrogens (tertiary/aromatic N) is 2. The Balaban J connectivity index is 2.49. The van der Waals surface area contributed by atoms with E-state index in [9.17, 15) is 4.39 Å². The summed E-state index contributed by atoms with van der Waals surface area (Å²) in [5.41, 5.74) is 7.59. The number of hydrogen-bond acceptors (Lipinski definition) is 3. The number of nitrogen functional groups attached to an aromatic ring is 1. The monoisotopic (exact) mass is 203 g/mol. The van der Waals surface area contributed by atoms with Crippen molar-refractivity contribution in [3.05, 3.63) is 42.0 Å². The van der Waals surface area contributed by atoms with Gasteiger partial charge in [0.2, 0.25) is 0 Å². The molecule has 0 aliphatic heterocycles. The molecule has 0 saturated heterocycles. The van der Waals surface area contributed by atoms with Crippen molar-refractivity contribution in [1.29, 1.82) is 0 Å². The summed E-state index contributed by atoms with van der Waals surface area (Å²) in [5, 5.41) is 0. The van der Waals surface area contributed by atoms with Gasteiger partial charge in [-0.1, -0.05) is 0 Å². The van der Waals surface area contributed by atoms with Crippen molar-refractivity contribution in [2.75, 3.05) is 5.73 Å². The van der Waals surface area contributed by atoms with E-state index >= 15 is 0 Å². The smallest absolute Gasteiger partial charge is 0.141 e. The maximum atomic E-state index is 13.1. The average Bonchev–Trinajstić information content (AvgIpc) is 2.17. The highest BCUT2D eigenvalue weighted by atomic mass is 19.1. The van der Waals surface area contributed by atoms with Gasteiger partial charge in [0, 0.05) is 5.56 Å². The van der Waals surface area contributed by atoms with Crippen LogP contribution in [0.5, 0.6) is 0 Å². The minimum atomic E-state index is -0.274. The first kappa shape index (κ1) is 9.58. The normalized spacial score (nSPS) is 10.3. The maximum Gasteiger partial charge on any atom is 0.141 e. The van der Waals surface area contributed by atoms with E-state index in [0.29, 0.717) is 17.1 Å². The third-order valence-corrected chi connectivity index (χ3v) is 2.01. The van der Waals surface area contributed by atoms with Crippen molar-refractivity contribution < 1.29 is 4.39 Å². The van der Waals surface area contributed by atoms with Crippen molar-refractivity contribution in [1.82, 2.24) is 9.97 Å². The van der Waals surface area contributed by atoms with Gasteiger partial charge in [0.15, 0.2) is 0 Å². The summed E-state index contributed by atoms with van der Waals surface area (Å²) >= 11 is 0.